The van der Waals surface area contributed by atoms with Crippen LogP contribution < -0.4 is 0 Å². The predicted octanol–water partition coefficient (Wildman–Crippen LogP) is 4.89. The fourth-order valence-corrected chi connectivity index (χ4v) is 2.23. The number of alkyl halides is 2. The number of hydrogen-bond donors (Lipinski definition) is 0. The van der Waals surface area contributed by atoms with Crippen LogP contribution in [-0.2, 0) is 6.42 Å². The van der Waals surface area contributed by atoms with Crippen molar-refractivity contribution in [3.8, 4) is 0 Å². The Morgan fingerprint density at radius 1 is 0.933 bits per heavy atom. The summed E-state index contributed by atoms with van der Waals surface area (Å²) in [5, 5.41) is 2.70. The molecule has 2 heteroatoms. The molecule has 0 heterocycles. The second-order valence-electron chi connectivity index (χ2n) is 3.57. The molecule has 0 nitrogen and oxygen atoms in total. The van der Waals surface area contributed by atoms with E-state index < -0.39 is 0 Å². The summed E-state index contributed by atoms with van der Waals surface area (Å²) >= 11 is 7.03. The summed E-state index contributed by atoms with van der Waals surface area (Å²) < 4.78 is 0.406. The zero-order valence-electron chi connectivity index (χ0n) is 8.29. The summed E-state index contributed by atoms with van der Waals surface area (Å²) in [5.74, 6) is 0. The number of halogens is 2. The lowest BCUT2D eigenvalue weighted by Crippen LogP contribution is -1.92. The quantitative estimate of drug-likeness (QED) is 0.704. The normalized spacial score (nSPS) is 11.1. The molecule has 0 radical (unpaired) electrons. The summed E-state index contributed by atoms with van der Waals surface area (Å²) in [5.41, 5.74) is 1.43. The lowest BCUT2D eigenvalue weighted by atomic mass is 10.0. The largest absolute Gasteiger partial charge is 0.0765 e. The summed E-state index contributed by atoms with van der Waals surface area (Å²) in [7, 11) is 0. The van der Waals surface area contributed by atoms with Crippen LogP contribution in [0.15, 0.2) is 42.5 Å². The molecule has 0 N–H and O–H groups in total. The molecule has 0 bridgehead atoms. The molecule has 0 aliphatic heterocycles. The molecular weight excluding hydrogens is 316 g/mol. The highest BCUT2D eigenvalue weighted by atomic mass is 79.9. The molecule has 2 rings (SSSR count). The first-order chi connectivity index (χ1) is 7.27. The molecular formula is C13H12Br2. The smallest absolute Gasteiger partial charge is 0.0701 e. The molecule has 0 aliphatic carbocycles. The number of rotatable bonds is 3. The van der Waals surface area contributed by atoms with E-state index in [1.54, 1.807) is 0 Å². The summed E-state index contributed by atoms with van der Waals surface area (Å²) in [6.45, 7) is 0. The van der Waals surface area contributed by atoms with E-state index in [2.05, 4.69) is 74.3 Å². The SMILES string of the molecule is BrC(Br)CCc1cccc2ccccc12. The Morgan fingerprint density at radius 2 is 1.67 bits per heavy atom. The first-order valence-electron chi connectivity index (χ1n) is 5.02. The van der Waals surface area contributed by atoms with Crippen molar-refractivity contribution in [2.75, 3.05) is 0 Å². The third-order valence-electron chi connectivity index (χ3n) is 2.51. The first kappa shape index (κ1) is 11.2. The molecule has 15 heavy (non-hydrogen) atoms. The van der Waals surface area contributed by atoms with Gasteiger partial charge in [-0.3, -0.25) is 0 Å². The summed E-state index contributed by atoms with van der Waals surface area (Å²) in [4.78, 5) is 0. The maximum Gasteiger partial charge on any atom is 0.0701 e. The third-order valence-corrected chi connectivity index (χ3v) is 3.43. The summed E-state index contributed by atoms with van der Waals surface area (Å²) in [6, 6.07) is 15.1. The minimum absolute atomic E-state index is 0.406. The Labute approximate surface area is 107 Å². The standard InChI is InChI=1S/C13H12Br2/c14-13(15)9-8-11-6-3-5-10-4-1-2-7-12(10)11/h1-7,13H,8-9H2. The fraction of sp³-hybridized carbons (Fsp3) is 0.231. The highest BCUT2D eigenvalue weighted by Crippen LogP contribution is 2.22. The van der Waals surface area contributed by atoms with Gasteiger partial charge in [-0.1, -0.05) is 74.3 Å². The average Bonchev–Trinajstić information content (AvgIpc) is 2.26. The predicted molar refractivity (Wildman–Crippen MR) is 73.9 cm³/mol. The van der Waals surface area contributed by atoms with Crippen LogP contribution in [0, 0.1) is 0 Å². The lowest BCUT2D eigenvalue weighted by molar-refractivity contribution is 0.926. The van der Waals surface area contributed by atoms with Gasteiger partial charge in [-0.05, 0) is 29.2 Å². The average molecular weight is 328 g/mol. The van der Waals surface area contributed by atoms with Crippen molar-refractivity contribution in [3.05, 3.63) is 48.0 Å². The van der Waals surface area contributed by atoms with Gasteiger partial charge in [0, 0.05) is 0 Å². The lowest BCUT2D eigenvalue weighted by Gasteiger charge is -2.06. The number of aryl methyl sites for hydroxylation is 1. The fourth-order valence-electron chi connectivity index (χ4n) is 1.78. The van der Waals surface area contributed by atoms with Gasteiger partial charge in [-0.25, -0.2) is 0 Å². The minimum Gasteiger partial charge on any atom is -0.0765 e. The molecule has 2 aromatic carbocycles. The van der Waals surface area contributed by atoms with E-state index in [1.165, 1.54) is 16.3 Å². The molecule has 0 unspecified atom stereocenters. The molecule has 2 aromatic rings. The number of benzene rings is 2. The van der Waals surface area contributed by atoms with E-state index in [4.69, 9.17) is 0 Å². The zero-order valence-corrected chi connectivity index (χ0v) is 11.5. The van der Waals surface area contributed by atoms with Gasteiger partial charge in [-0.15, -0.1) is 0 Å². The maximum atomic E-state index is 3.51. The molecule has 0 atom stereocenters. The maximum absolute atomic E-state index is 3.51. The van der Waals surface area contributed by atoms with Crippen LogP contribution in [0.1, 0.15) is 12.0 Å². The molecule has 0 spiro atoms. The van der Waals surface area contributed by atoms with Crippen molar-refractivity contribution < 1.29 is 0 Å². The van der Waals surface area contributed by atoms with E-state index in [9.17, 15) is 0 Å². The molecule has 0 saturated heterocycles. The van der Waals surface area contributed by atoms with Crippen molar-refractivity contribution in [3.63, 3.8) is 0 Å². The Morgan fingerprint density at radius 3 is 2.47 bits per heavy atom. The van der Waals surface area contributed by atoms with Crippen LogP contribution in [-0.4, -0.2) is 3.74 Å². The van der Waals surface area contributed by atoms with Gasteiger partial charge < -0.3 is 0 Å². The van der Waals surface area contributed by atoms with Crippen LogP contribution in [0.5, 0.6) is 0 Å². The van der Waals surface area contributed by atoms with Gasteiger partial charge >= 0.3 is 0 Å². The Balaban J connectivity index is 2.34. The van der Waals surface area contributed by atoms with Crippen LogP contribution in [0.2, 0.25) is 0 Å². The van der Waals surface area contributed by atoms with Crippen molar-refractivity contribution in [1.82, 2.24) is 0 Å². The first-order valence-corrected chi connectivity index (χ1v) is 6.85. The van der Waals surface area contributed by atoms with Gasteiger partial charge in [0.2, 0.25) is 0 Å². The van der Waals surface area contributed by atoms with E-state index in [0.717, 1.165) is 12.8 Å². The van der Waals surface area contributed by atoms with Crippen LogP contribution in [0.25, 0.3) is 10.8 Å². The van der Waals surface area contributed by atoms with Gasteiger partial charge in [0.1, 0.15) is 0 Å². The number of hydrogen-bond acceptors (Lipinski definition) is 0. The van der Waals surface area contributed by atoms with Gasteiger partial charge in [-0.2, -0.15) is 0 Å². The Bertz CT molecular complexity index is 444. The van der Waals surface area contributed by atoms with E-state index in [0.29, 0.717) is 3.74 Å². The van der Waals surface area contributed by atoms with E-state index in [1.807, 2.05) is 0 Å². The summed E-state index contributed by atoms with van der Waals surface area (Å²) in [6.07, 6.45) is 2.20. The second kappa shape index (κ2) is 5.13. The monoisotopic (exact) mass is 326 g/mol. The molecule has 0 saturated carbocycles. The van der Waals surface area contributed by atoms with Crippen LogP contribution in [0.3, 0.4) is 0 Å². The molecule has 78 valence electrons. The highest BCUT2D eigenvalue weighted by molar-refractivity contribution is 9.24. The molecule has 0 amide bonds. The van der Waals surface area contributed by atoms with E-state index in [-0.39, 0.29) is 0 Å². The van der Waals surface area contributed by atoms with Crippen molar-refractivity contribution >= 4 is 42.6 Å². The molecule has 0 aromatic heterocycles. The van der Waals surface area contributed by atoms with Gasteiger partial charge in [0.25, 0.3) is 0 Å². The van der Waals surface area contributed by atoms with Crippen molar-refractivity contribution in [1.29, 1.82) is 0 Å². The van der Waals surface area contributed by atoms with Crippen LogP contribution >= 0.6 is 31.9 Å². The second-order valence-corrected chi connectivity index (χ2v) is 7.01. The Kier molecular flexibility index (Phi) is 3.81. The minimum atomic E-state index is 0.406. The van der Waals surface area contributed by atoms with Crippen LogP contribution in [0.4, 0.5) is 0 Å². The topological polar surface area (TPSA) is 0 Å². The van der Waals surface area contributed by atoms with Gasteiger partial charge in [0.15, 0.2) is 0 Å². The van der Waals surface area contributed by atoms with Gasteiger partial charge in [0.05, 0.1) is 3.74 Å². The van der Waals surface area contributed by atoms with E-state index >= 15 is 0 Å². The van der Waals surface area contributed by atoms with Crippen molar-refractivity contribution in [2.45, 2.75) is 16.6 Å². The van der Waals surface area contributed by atoms with Crippen molar-refractivity contribution in [2.24, 2.45) is 0 Å². The number of fused-ring (bicyclic) bond motifs is 1. The molecule has 0 aliphatic rings. The third kappa shape index (κ3) is 2.82. The zero-order chi connectivity index (χ0) is 10.7. The Hall–Kier alpha value is -0.340. The molecule has 0 fully saturated rings. The highest BCUT2D eigenvalue weighted by Gasteiger charge is 2.02.